The SMILES string of the molecule is COc1ccccc1OC[C@@H](C)NC(=O)[C@@H](C)N(c1ccc(F)c(F)c1)S(C)(=O)=O. The first-order valence-electron chi connectivity index (χ1n) is 9.05. The summed E-state index contributed by atoms with van der Waals surface area (Å²) < 4.78 is 62.9. The van der Waals surface area contributed by atoms with Crippen molar-refractivity contribution in [2.75, 3.05) is 24.3 Å². The van der Waals surface area contributed by atoms with Gasteiger partial charge in [0.15, 0.2) is 23.1 Å². The Kier molecular flexibility index (Phi) is 7.60. The first-order chi connectivity index (χ1) is 14.0. The molecule has 0 saturated heterocycles. The molecule has 0 fully saturated rings. The van der Waals surface area contributed by atoms with Crippen molar-refractivity contribution in [3.63, 3.8) is 0 Å². The number of ether oxygens (including phenoxy) is 2. The lowest BCUT2D eigenvalue weighted by atomic mass is 10.2. The van der Waals surface area contributed by atoms with Gasteiger partial charge >= 0.3 is 0 Å². The van der Waals surface area contributed by atoms with Crippen molar-refractivity contribution >= 4 is 21.6 Å². The number of hydrogen-bond acceptors (Lipinski definition) is 5. The lowest BCUT2D eigenvalue weighted by Gasteiger charge is -2.29. The molecule has 0 aliphatic carbocycles. The molecule has 164 valence electrons. The minimum atomic E-state index is -3.96. The summed E-state index contributed by atoms with van der Waals surface area (Å²) in [6.07, 6.45) is 0.881. The zero-order chi connectivity index (χ0) is 22.5. The van der Waals surface area contributed by atoms with Crippen LogP contribution in [0.1, 0.15) is 13.8 Å². The number of amides is 1. The van der Waals surface area contributed by atoms with Crippen LogP contribution in [0.15, 0.2) is 42.5 Å². The molecular weight excluding hydrogens is 418 g/mol. The number of hydrogen-bond donors (Lipinski definition) is 1. The van der Waals surface area contributed by atoms with Gasteiger partial charge in [0.25, 0.3) is 0 Å². The molecule has 0 radical (unpaired) electrons. The van der Waals surface area contributed by atoms with Crippen LogP contribution in [0.5, 0.6) is 11.5 Å². The topological polar surface area (TPSA) is 84.9 Å². The number of carbonyl (C=O) groups is 1. The van der Waals surface area contributed by atoms with E-state index < -0.39 is 39.6 Å². The third-order valence-electron chi connectivity index (χ3n) is 4.19. The summed E-state index contributed by atoms with van der Waals surface area (Å²) in [7, 11) is -2.45. The van der Waals surface area contributed by atoms with Gasteiger partial charge < -0.3 is 14.8 Å². The van der Waals surface area contributed by atoms with E-state index in [2.05, 4.69) is 5.32 Å². The van der Waals surface area contributed by atoms with Crippen molar-refractivity contribution in [3.05, 3.63) is 54.1 Å². The zero-order valence-electron chi connectivity index (χ0n) is 17.1. The fourth-order valence-corrected chi connectivity index (χ4v) is 3.96. The van der Waals surface area contributed by atoms with Crippen LogP contribution < -0.4 is 19.1 Å². The smallest absolute Gasteiger partial charge is 0.243 e. The molecule has 0 heterocycles. The molecule has 2 rings (SSSR count). The van der Waals surface area contributed by atoms with Crippen molar-refractivity contribution in [1.29, 1.82) is 0 Å². The molecule has 0 bridgehead atoms. The van der Waals surface area contributed by atoms with Crippen molar-refractivity contribution in [2.24, 2.45) is 0 Å². The van der Waals surface area contributed by atoms with E-state index in [1.54, 1.807) is 31.2 Å². The largest absolute Gasteiger partial charge is 0.493 e. The van der Waals surface area contributed by atoms with Gasteiger partial charge in [-0.25, -0.2) is 17.2 Å². The van der Waals surface area contributed by atoms with Crippen LogP contribution in [-0.2, 0) is 14.8 Å². The Bertz CT molecular complexity index is 1000. The third kappa shape index (κ3) is 5.82. The molecular formula is C20H24F2N2O5S. The van der Waals surface area contributed by atoms with Gasteiger partial charge in [-0.15, -0.1) is 0 Å². The Morgan fingerprint density at radius 3 is 2.30 bits per heavy atom. The van der Waals surface area contributed by atoms with Gasteiger partial charge in [-0.3, -0.25) is 9.10 Å². The van der Waals surface area contributed by atoms with Crippen LogP contribution in [0.3, 0.4) is 0 Å². The number of benzene rings is 2. The van der Waals surface area contributed by atoms with Crippen LogP contribution in [0, 0.1) is 11.6 Å². The molecule has 7 nitrogen and oxygen atoms in total. The van der Waals surface area contributed by atoms with Gasteiger partial charge in [-0.1, -0.05) is 12.1 Å². The van der Waals surface area contributed by atoms with Gasteiger partial charge in [0.1, 0.15) is 12.6 Å². The number of para-hydroxylation sites is 2. The second-order valence-electron chi connectivity index (χ2n) is 6.70. The Morgan fingerprint density at radius 2 is 1.73 bits per heavy atom. The maximum atomic E-state index is 13.6. The van der Waals surface area contributed by atoms with Crippen molar-refractivity contribution < 1.29 is 31.5 Å². The minimum absolute atomic E-state index is 0.100. The molecule has 30 heavy (non-hydrogen) atoms. The first-order valence-corrected chi connectivity index (χ1v) is 10.9. The summed E-state index contributed by atoms with van der Waals surface area (Å²) in [6.45, 7) is 3.14. The van der Waals surface area contributed by atoms with E-state index in [1.807, 2.05) is 0 Å². The number of nitrogens with zero attached hydrogens (tertiary/aromatic N) is 1. The molecule has 2 atom stereocenters. The molecule has 1 amide bonds. The predicted molar refractivity (Wildman–Crippen MR) is 109 cm³/mol. The highest BCUT2D eigenvalue weighted by Crippen LogP contribution is 2.26. The number of methoxy groups -OCH3 is 1. The Morgan fingerprint density at radius 1 is 1.10 bits per heavy atom. The van der Waals surface area contributed by atoms with Gasteiger partial charge in [0.05, 0.1) is 25.1 Å². The van der Waals surface area contributed by atoms with E-state index in [9.17, 15) is 22.0 Å². The summed E-state index contributed by atoms with van der Waals surface area (Å²) in [4.78, 5) is 12.6. The number of sulfonamides is 1. The molecule has 0 saturated carbocycles. The Hall–Kier alpha value is -2.88. The average molecular weight is 442 g/mol. The summed E-state index contributed by atoms with van der Waals surface area (Å²) in [5, 5.41) is 2.66. The van der Waals surface area contributed by atoms with Gasteiger partial charge in [0, 0.05) is 6.07 Å². The summed E-state index contributed by atoms with van der Waals surface area (Å²) in [5.41, 5.74) is -0.156. The predicted octanol–water partition coefficient (Wildman–Crippen LogP) is 2.71. The van der Waals surface area contributed by atoms with Crippen molar-refractivity contribution in [3.8, 4) is 11.5 Å². The molecule has 0 aliphatic heterocycles. The lowest BCUT2D eigenvalue weighted by molar-refractivity contribution is -0.122. The molecule has 10 heteroatoms. The minimum Gasteiger partial charge on any atom is -0.493 e. The van der Waals surface area contributed by atoms with E-state index in [0.717, 1.165) is 28.8 Å². The summed E-state index contributed by atoms with van der Waals surface area (Å²) in [6, 6.07) is 7.95. The highest BCUT2D eigenvalue weighted by Gasteiger charge is 2.30. The zero-order valence-corrected chi connectivity index (χ0v) is 17.9. The van der Waals surface area contributed by atoms with Gasteiger partial charge in [-0.05, 0) is 38.1 Å². The second-order valence-corrected chi connectivity index (χ2v) is 8.56. The lowest BCUT2D eigenvalue weighted by Crippen LogP contribution is -2.50. The number of rotatable bonds is 9. The van der Waals surface area contributed by atoms with Crippen LogP contribution in [-0.4, -0.2) is 46.4 Å². The van der Waals surface area contributed by atoms with Gasteiger partial charge in [0.2, 0.25) is 15.9 Å². The normalized spacial score (nSPS) is 13.3. The fraction of sp³-hybridized carbons (Fsp3) is 0.350. The van der Waals surface area contributed by atoms with Crippen molar-refractivity contribution in [1.82, 2.24) is 5.32 Å². The third-order valence-corrected chi connectivity index (χ3v) is 5.43. The Balaban J connectivity index is 2.10. The highest BCUT2D eigenvalue weighted by atomic mass is 32.2. The van der Waals surface area contributed by atoms with Crippen LogP contribution in [0.25, 0.3) is 0 Å². The average Bonchev–Trinajstić information content (AvgIpc) is 2.68. The quantitative estimate of drug-likeness (QED) is 0.646. The maximum absolute atomic E-state index is 13.6. The van der Waals surface area contributed by atoms with E-state index in [4.69, 9.17) is 9.47 Å². The highest BCUT2D eigenvalue weighted by molar-refractivity contribution is 7.92. The standard InChI is InChI=1S/C20H24F2N2O5S/c1-13(12-29-19-8-6-5-7-18(19)28-3)23-20(25)14(2)24(30(4,26)27)15-9-10-16(21)17(22)11-15/h5-11,13-14H,12H2,1-4H3,(H,23,25)/t13-,14-/m1/s1. The summed E-state index contributed by atoms with van der Waals surface area (Å²) >= 11 is 0. The molecule has 2 aromatic carbocycles. The molecule has 0 aliphatic rings. The van der Waals surface area contributed by atoms with Crippen LogP contribution >= 0.6 is 0 Å². The van der Waals surface area contributed by atoms with Crippen LogP contribution in [0.2, 0.25) is 0 Å². The number of carbonyl (C=O) groups excluding carboxylic acids is 1. The van der Waals surface area contributed by atoms with Gasteiger partial charge in [-0.2, -0.15) is 0 Å². The fourth-order valence-electron chi connectivity index (χ4n) is 2.79. The number of anilines is 1. The van der Waals surface area contributed by atoms with Crippen LogP contribution in [0.4, 0.5) is 14.5 Å². The van der Waals surface area contributed by atoms with E-state index in [1.165, 1.54) is 14.0 Å². The Labute approximate surface area is 174 Å². The molecule has 1 N–H and O–H groups in total. The second kappa shape index (κ2) is 9.75. The van der Waals surface area contributed by atoms with E-state index >= 15 is 0 Å². The number of nitrogens with one attached hydrogen (secondary N) is 1. The molecule has 0 aromatic heterocycles. The monoisotopic (exact) mass is 442 g/mol. The first kappa shape index (κ1) is 23.4. The van der Waals surface area contributed by atoms with E-state index in [-0.39, 0.29) is 12.3 Å². The molecule has 0 spiro atoms. The summed E-state index contributed by atoms with van der Waals surface area (Å²) in [5.74, 6) is -1.93. The number of halogens is 2. The maximum Gasteiger partial charge on any atom is 0.243 e. The van der Waals surface area contributed by atoms with E-state index in [0.29, 0.717) is 11.5 Å². The molecule has 2 aromatic rings. The molecule has 0 unspecified atom stereocenters. The van der Waals surface area contributed by atoms with Crippen molar-refractivity contribution in [2.45, 2.75) is 25.9 Å².